The number of hydrogen-bond donors (Lipinski definition) is 2. The van der Waals surface area contributed by atoms with E-state index in [1.165, 1.54) is 28.8 Å². The third-order valence-corrected chi connectivity index (χ3v) is 7.46. The van der Waals surface area contributed by atoms with Crippen LogP contribution in [0, 0.1) is 11.6 Å². The quantitative estimate of drug-likeness (QED) is 0.220. The van der Waals surface area contributed by atoms with Gasteiger partial charge in [-0.25, -0.2) is 13.6 Å². The molecule has 1 amide bonds. The molecule has 0 aliphatic carbocycles. The predicted molar refractivity (Wildman–Crippen MR) is 156 cm³/mol. The van der Waals surface area contributed by atoms with Crippen molar-refractivity contribution < 1.29 is 46.1 Å². The molecular formula is C32H32F5N3O5. The first kappa shape index (κ1) is 33.4. The van der Waals surface area contributed by atoms with E-state index in [1.807, 2.05) is 0 Å². The monoisotopic (exact) mass is 633 g/mol. The minimum absolute atomic E-state index is 0.102. The van der Waals surface area contributed by atoms with Crippen molar-refractivity contribution in [1.82, 2.24) is 9.47 Å². The van der Waals surface area contributed by atoms with Gasteiger partial charge in [0.15, 0.2) is 0 Å². The van der Waals surface area contributed by atoms with Gasteiger partial charge in [-0.1, -0.05) is 30.3 Å². The van der Waals surface area contributed by atoms with Crippen molar-refractivity contribution in [2.75, 3.05) is 26.8 Å². The number of alkyl halides is 3. The third-order valence-electron chi connectivity index (χ3n) is 7.46. The number of likely N-dealkylation sites (tertiary alicyclic amines) is 1. The highest BCUT2D eigenvalue weighted by Gasteiger charge is 2.35. The summed E-state index contributed by atoms with van der Waals surface area (Å²) in [6.45, 7) is 1.05. The maximum absolute atomic E-state index is 14.8. The van der Waals surface area contributed by atoms with Gasteiger partial charge in [-0.2, -0.15) is 0 Å². The lowest BCUT2D eigenvalue weighted by Crippen LogP contribution is -2.38. The summed E-state index contributed by atoms with van der Waals surface area (Å²) < 4.78 is 79.0. The molecule has 0 unspecified atom stereocenters. The number of rotatable bonds is 8. The Morgan fingerprint density at radius 3 is 2.24 bits per heavy atom. The SMILES string of the molecule is COCCn1cc(C(=O)N2CCC(c3cc(CN)ccc3F)CC2)c2c(OC(F)(F)F)ccc(F)c21.O=C(O)c1ccccc1. The van der Waals surface area contributed by atoms with Crippen molar-refractivity contribution in [2.24, 2.45) is 5.73 Å². The van der Waals surface area contributed by atoms with Crippen molar-refractivity contribution in [3.63, 3.8) is 0 Å². The number of benzene rings is 3. The summed E-state index contributed by atoms with van der Waals surface area (Å²) in [6, 6.07) is 14.8. The topological polar surface area (TPSA) is 107 Å². The fraction of sp³-hybridized carbons (Fsp3) is 0.312. The number of carbonyl (C=O) groups is 2. The number of nitrogens with zero attached hydrogens (tertiary/aromatic N) is 2. The summed E-state index contributed by atoms with van der Waals surface area (Å²) >= 11 is 0. The smallest absolute Gasteiger partial charge is 0.478 e. The highest BCUT2D eigenvalue weighted by atomic mass is 19.4. The number of nitrogens with two attached hydrogens (primary N) is 1. The van der Waals surface area contributed by atoms with E-state index in [0.29, 0.717) is 24.0 Å². The summed E-state index contributed by atoms with van der Waals surface area (Å²) in [5, 5.41) is 8.13. The number of carbonyl (C=O) groups excluding carboxylic acids is 1. The Bertz CT molecular complexity index is 1630. The fourth-order valence-corrected chi connectivity index (χ4v) is 5.29. The number of aromatic carboxylic acids is 1. The van der Waals surface area contributed by atoms with Crippen LogP contribution >= 0.6 is 0 Å². The second kappa shape index (κ2) is 14.5. The minimum atomic E-state index is -5.03. The third kappa shape index (κ3) is 8.17. The second-order valence-electron chi connectivity index (χ2n) is 10.3. The van der Waals surface area contributed by atoms with Crippen LogP contribution in [0.25, 0.3) is 10.9 Å². The van der Waals surface area contributed by atoms with Crippen LogP contribution in [-0.2, 0) is 17.8 Å². The molecule has 0 bridgehead atoms. The number of halogens is 5. The van der Waals surface area contributed by atoms with Crippen LogP contribution in [0.15, 0.2) is 66.9 Å². The Labute approximate surface area is 255 Å². The number of fused-ring (bicyclic) bond motifs is 1. The van der Waals surface area contributed by atoms with Gasteiger partial charge in [0.25, 0.3) is 5.91 Å². The van der Waals surface area contributed by atoms with Crippen molar-refractivity contribution in [1.29, 1.82) is 0 Å². The van der Waals surface area contributed by atoms with Crippen LogP contribution in [0.4, 0.5) is 22.0 Å². The summed E-state index contributed by atoms with van der Waals surface area (Å²) in [7, 11) is 1.43. The normalized spacial score (nSPS) is 13.8. The molecule has 3 N–H and O–H groups in total. The highest BCUT2D eigenvalue weighted by molar-refractivity contribution is 6.09. The Hall–Kier alpha value is -4.49. The molecule has 240 valence electrons. The maximum Gasteiger partial charge on any atom is 0.573 e. The van der Waals surface area contributed by atoms with E-state index in [1.54, 1.807) is 42.5 Å². The molecule has 5 rings (SSSR count). The summed E-state index contributed by atoms with van der Waals surface area (Å²) in [6.07, 6.45) is -2.78. The van der Waals surface area contributed by atoms with Gasteiger partial charge in [0.2, 0.25) is 0 Å². The maximum atomic E-state index is 14.8. The molecule has 13 heteroatoms. The minimum Gasteiger partial charge on any atom is -0.478 e. The molecule has 4 aromatic rings. The van der Waals surface area contributed by atoms with Gasteiger partial charge in [0.05, 0.1) is 28.6 Å². The average molecular weight is 634 g/mol. The number of aromatic nitrogens is 1. The molecule has 1 aromatic heterocycles. The van der Waals surface area contributed by atoms with E-state index in [0.717, 1.165) is 17.7 Å². The van der Waals surface area contributed by atoms with Gasteiger partial charge in [0.1, 0.15) is 17.4 Å². The van der Waals surface area contributed by atoms with Crippen LogP contribution < -0.4 is 10.5 Å². The van der Waals surface area contributed by atoms with E-state index in [4.69, 9.17) is 15.6 Å². The molecule has 3 aromatic carbocycles. The zero-order valence-electron chi connectivity index (χ0n) is 24.3. The molecule has 0 spiro atoms. The molecule has 0 saturated carbocycles. The van der Waals surface area contributed by atoms with Crippen LogP contribution in [0.2, 0.25) is 0 Å². The standard InChI is InChI=1S/C25H26F5N3O3.C7H6O2/c1-35-11-10-33-14-18(22-21(36-25(28,29)30)5-4-20(27)23(22)33)24(34)32-8-6-16(7-9-32)17-12-15(13-31)2-3-19(17)26;8-7(9)6-4-2-1-3-5-6/h2-5,12,14,16H,6-11,13,31H2,1H3;1-5H,(H,8,9). The molecule has 0 radical (unpaired) electrons. The van der Waals surface area contributed by atoms with Gasteiger partial charge in [-0.3, -0.25) is 4.79 Å². The van der Waals surface area contributed by atoms with Gasteiger partial charge in [0, 0.05) is 39.5 Å². The van der Waals surface area contributed by atoms with E-state index in [9.17, 15) is 31.5 Å². The van der Waals surface area contributed by atoms with Crippen LogP contribution in [0.1, 0.15) is 50.6 Å². The molecule has 8 nitrogen and oxygen atoms in total. The lowest BCUT2D eigenvalue weighted by atomic mass is 9.88. The van der Waals surface area contributed by atoms with Crippen LogP contribution in [-0.4, -0.2) is 59.6 Å². The zero-order chi connectivity index (χ0) is 32.7. The number of amides is 1. The largest absolute Gasteiger partial charge is 0.573 e. The van der Waals surface area contributed by atoms with Gasteiger partial charge >= 0.3 is 12.3 Å². The fourth-order valence-electron chi connectivity index (χ4n) is 5.29. The van der Waals surface area contributed by atoms with Gasteiger partial charge in [-0.15, -0.1) is 13.2 Å². The Morgan fingerprint density at radius 1 is 1.00 bits per heavy atom. The van der Waals surface area contributed by atoms with Gasteiger partial charge < -0.3 is 29.8 Å². The van der Waals surface area contributed by atoms with Crippen molar-refractivity contribution in [3.8, 4) is 5.75 Å². The van der Waals surface area contributed by atoms with E-state index in [2.05, 4.69) is 4.74 Å². The van der Waals surface area contributed by atoms with Crippen LogP contribution in [0.5, 0.6) is 5.75 Å². The molecular weight excluding hydrogens is 601 g/mol. The zero-order valence-corrected chi connectivity index (χ0v) is 24.3. The first-order chi connectivity index (χ1) is 21.4. The highest BCUT2D eigenvalue weighted by Crippen LogP contribution is 2.38. The van der Waals surface area contributed by atoms with E-state index in [-0.39, 0.29) is 61.0 Å². The molecule has 0 atom stereocenters. The number of hydrogen-bond acceptors (Lipinski definition) is 5. The van der Waals surface area contributed by atoms with Crippen molar-refractivity contribution in [2.45, 2.75) is 38.2 Å². The summed E-state index contributed by atoms with van der Waals surface area (Å²) in [4.78, 5) is 25.2. The number of carboxylic acid groups (broad SMARTS) is 1. The van der Waals surface area contributed by atoms with Crippen LogP contribution in [0.3, 0.4) is 0 Å². The number of piperidine rings is 1. The summed E-state index contributed by atoms with van der Waals surface area (Å²) in [5.74, 6) is -3.36. The second-order valence-corrected chi connectivity index (χ2v) is 10.3. The Balaban J connectivity index is 0.000000440. The summed E-state index contributed by atoms with van der Waals surface area (Å²) in [5.41, 5.74) is 7.06. The van der Waals surface area contributed by atoms with E-state index < -0.39 is 29.8 Å². The molecule has 1 fully saturated rings. The number of carboxylic acids is 1. The average Bonchev–Trinajstić information content (AvgIpc) is 3.42. The molecule has 2 heterocycles. The lowest BCUT2D eigenvalue weighted by Gasteiger charge is -2.32. The first-order valence-corrected chi connectivity index (χ1v) is 14.1. The Kier molecular flexibility index (Phi) is 10.8. The van der Waals surface area contributed by atoms with E-state index >= 15 is 0 Å². The molecule has 1 aliphatic rings. The van der Waals surface area contributed by atoms with Crippen molar-refractivity contribution in [3.05, 3.63) is 101 Å². The molecule has 1 aliphatic heterocycles. The molecule has 1 saturated heterocycles. The number of methoxy groups -OCH3 is 1. The Morgan fingerprint density at radius 2 is 1.67 bits per heavy atom. The van der Waals surface area contributed by atoms with Gasteiger partial charge in [-0.05, 0) is 60.2 Å². The molecule has 45 heavy (non-hydrogen) atoms. The van der Waals surface area contributed by atoms with Crippen molar-refractivity contribution >= 4 is 22.8 Å². The lowest BCUT2D eigenvalue weighted by molar-refractivity contribution is -0.274. The predicted octanol–water partition coefficient (Wildman–Crippen LogP) is 6.33. The number of ether oxygens (including phenoxy) is 2. The first-order valence-electron chi connectivity index (χ1n) is 14.1.